The van der Waals surface area contributed by atoms with Gasteiger partial charge in [0.25, 0.3) is 0 Å². The Morgan fingerprint density at radius 1 is 1.76 bits per heavy atom. The number of aromatic nitrogens is 1. The van der Waals surface area contributed by atoms with Crippen LogP contribution in [0.4, 0.5) is 5.69 Å². The van der Waals surface area contributed by atoms with Gasteiger partial charge in [0, 0.05) is 26.3 Å². The molecule has 90 valence electrons. The Labute approximate surface area is 98.9 Å². The highest BCUT2D eigenvalue weighted by Crippen LogP contribution is 2.13. The zero-order chi connectivity index (χ0) is 12.7. The number of carboxylic acid groups (broad SMARTS) is 1. The van der Waals surface area contributed by atoms with E-state index in [-0.39, 0.29) is 5.69 Å². The van der Waals surface area contributed by atoms with Crippen LogP contribution in [0.2, 0.25) is 0 Å². The van der Waals surface area contributed by atoms with Crippen molar-refractivity contribution in [3.63, 3.8) is 0 Å². The van der Waals surface area contributed by atoms with E-state index in [2.05, 4.69) is 10.3 Å². The predicted octanol–water partition coefficient (Wildman–Crippen LogP) is 0.855. The minimum Gasteiger partial charge on any atom is -0.480 e. The van der Waals surface area contributed by atoms with Crippen molar-refractivity contribution < 1.29 is 14.6 Å². The van der Waals surface area contributed by atoms with Gasteiger partial charge in [0.05, 0.1) is 5.69 Å². The largest absolute Gasteiger partial charge is 0.480 e. The van der Waals surface area contributed by atoms with Crippen molar-refractivity contribution in [2.24, 2.45) is 0 Å². The Hall–Kier alpha value is -2.13. The number of hydrogen-bond acceptors (Lipinski definition) is 5. The molecule has 1 aromatic rings. The molecule has 0 saturated heterocycles. The minimum absolute atomic E-state index is 0.177. The Morgan fingerprint density at radius 2 is 2.53 bits per heavy atom. The lowest BCUT2D eigenvalue weighted by molar-refractivity contribution is -0.138. The summed E-state index contributed by atoms with van der Waals surface area (Å²) >= 11 is 0. The van der Waals surface area contributed by atoms with Crippen LogP contribution >= 0.6 is 0 Å². The Bertz CT molecular complexity index is 428. The Balaban J connectivity index is 2.79. The molecule has 0 spiro atoms. The van der Waals surface area contributed by atoms with Crippen molar-refractivity contribution in [1.82, 2.24) is 4.98 Å². The van der Waals surface area contributed by atoms with Gasteiger partial charge in [0.1, 0.15) is 12.1 Å². The molecule has 0 amide bonds. The van der Waals surface area contributed by atoms with E-state index in [1.807, 2.05) is 6.07 Å². The lowest BCUT2D eigenvalue weighted by atomic mass is 10.2. The zero-order valence-electron chi connectivity index (χ0n) is 9.38. The third-order valence-electron chi connectivity index (χ3n) is 2.15. The second kappa shape index (κ2) is 6.45. The fourth-order valence-electron chi connectivity index (χ4n) is 1.29. The molecule has 0 aliphatic rings. The second-order valence-electron chi connectivity index (χ2n) is 3.33. The van der Waals surface area contributed by atoms with E-state index in [0.717, 1.165) is 0 Å². The number of aliphatic carboxylic acids is 1. The number of nitrogens with zero attached hydrogens (tertiary/aromatic N) is 2. The van der Waals surface area contributed by atoms with E-state index >= 15 is 0 Å². The Kier molecular flexibility index (Phi) is 4.91. The summed E-state index contributed by atoms with van der Waals surface area (Å²) in [5, 5.41) is 20.6. The first kappa shape index (κ1) is 12.9. The van der Waals surface area contributed by atoms with Gasteiger partial charge in [0.2, 0.25) is 0 Å². The molecule has 0 saturated carbocycles. The Morgan fingerprint density at radius 3 is 3.12 bits per heavy atom. The lowest BCUT2D eigenvalue weighted by Crippen LogP contribution is -2.30. The highest BCUT2D eigenvalue weighted by Gasteiger charge is 2.18. The van der Waals surface area contributed by atoms with Crippen LogP contribution in [0.25, 0.3) is 0 Å². The van der Waals surface area contributed by atoms with Gasteiger partial charge in [-0.1, -0.05) is 0 Å². The maximum atomic E-state index is 11.0. The number of rotatable bonds is 6. The molecule has 0 fully saturated rings. The summed E-state index contributed by atoms with van der Waals surface area (Å²) in [7, 11) is 1.50. The number of nitriles is 1. The summed E-state index contributed by atoms with van der Waals surface area (Å²) in [4.78, 5) is 14.8. The summed E-state index contributed by atoms with van der Waals surface area (Å²) in [5.41, 5.74) is 0.592. The molecule has 0 aromatic carbocycles. The van der Waals surface area contributed by atoms with Crippen LogP contribution < -0.4 is 5.32 Å². The van der Waals surface area contributed by atoms with Gasteiger partial charge < -0.3 is 15.2 Å². The zero-order valence-corrected chi connectivity index (χ0v) is 9.38. The molecule has 1 atom stereocenters. The average Bonchev–Trinajstić information content (AvgIpc) is 2.34. The molecule has 1 heterocycles. The predicted molar refractivity (Wildman–Crippen MR) is 60.5 cm³/mol. The molecule has 0 radical (unpaired) electrons. The number of carbonyl (C=O) groups is 1. The van der Waals surface area contributed by atoms with Crippen LogP contribution in [-0.4, -0.2) is 35.8 Å². The van der Waals surface area contributed by atoms with Crippen LogP contribution in [0.1, 0.15) is 12.1 Å². The van der Waals surface area contributed by atoms with Crippen LogP contribution in [0.5, 0.6) is 0 Å². The molecular weight excluding hydrogens is 222 g/mol. The van der Waals surface area contributed by atoms with Crippen molar-refractivity contribution in [2.75, 3.05) is 19.0 Å². The van der Waals surface area contributed by atoms with Crippen molar-refractivity contribution >= 4 is 11.7 Å². The topological polar surface area (TPSA) is 95.2 Å². The summed E-state index contributed by atoms with van der Waals surface area (Å²) < 4.78 is 4.83. The van der Waals surface area contributed by atoms with Crippen molar-refractivity contribution in [3.05, 3.63) is 24.0 Å². The molecule has 1 rings (SSSR count). The highest BCUT2D eigenvalue weighted by atomic mass is 16.5. The van der Waals surface area contributed by atoms with Crippen LogP contribution in [0.15, 0.2) is 18.3 Å². The number of anilines is 1. The molecule has 2 N–H and O–H groups in total. The van der Waals surface area contributed by atoms with Gasteiger partial charge in [0.15, 0.2) is 5.69 Å². The van der Waals surface area contributed by atoms with Crippen molar-refractivity contribution in [1.29, 1.82) is 5.26 Å². The van der Waals surface area contributed by atoms with Crippen LogP contribution in [0, 0.1) is 11.3 Å². The molecule has 6 nitrogen and oxygen atoms in total. The van der Waals surface area contributed by atoms with E-state index in [1.165, 1.54) is 13.3 Å². The molecule has 0 aliphatic heterocycles. The normalized spacial score (nSPS) is 11.5. The van der Waals surface area contributed by atoms with Gasteiger partial charge in [-0.15, -0.1) is 0 Å². The van der Waals surface area contributed by atoms with Crippen molar-refractivity contribution in [2.45, 2.75) is 12.5 Å². The molecular formula is C11H13N3O3. The fraction of sp³-hybridized carbons (Fsp3) is 0.364. The molecule has 0 aliphatic carbocycles. The smallest absolute Gasteiger partial charge is 0.326 e. The first-order chi connectivity index (χ1) is 8.19. The summed E-state index contributed by atoms with van der Waals surface area (Å²) in [6.07, 6.45) is 1.79. The first-order valence-corrected chi connectivity index (χ1v) is 5.02. The van der Waals surface area contributed by atoms with Crippen molar-refractivity contribution in [3.8, 4) is 6.07 Å². The van der Waals surface area contributed by atoms with E-state index in [0.29, 0.717) is 18.7 Å². The SMILES string of the molecule is COCCC(Nc1cccnc1C#N)C(=O)O. The summed E-state index contributed by atoms with van der Waals surface area (Å²) in [6, 6.07) is 4.36. The summed E-state index contributed by atoms with van der Waals surface area (Å²) in [5.74, 6) is -0.991. The standard InChI is InChI=1S/C11H13N3O3/c1-17-6-4-9(11(15)16)14-8-3-2-5-13-10(8)7-12/h2-3,5,9,14H,4,6H2,1H3,(H,15,16). The molecule has 6 heteroatoms. The van der Waals surface area contributed by atoms with E-state index in [4.69, 9.17) is 15.1 Å². The number of hydrogen-bond donors (Lipinski definition) is 2. The molecule has 1 unspecified atom stereocenters. The second-order valence-corrected chi connectivity index (χ2v) is 3.33. The van der Waals surface area contributed by atoms with E-state index < -0.39 is 12.0 Å². The fourth-order valence-corrected chi connectivity index (χ4v) is 1.29. The molecule has 17 heavy (non-hydrogen) atoms. The van der Waals surface area contributed by atoms with Crippen LogP contribution in [-0.2, 0) is 9.53 Å². The van der Waals surface area contributed by atoms with E-state index in [9.17, 15) is 4.79 Å². The average molecular weight is 235 g/mol. The van der Waals surface area contributed by atoms with Gasteiger partial charge in [-0.05, 0) is 12.1 Å². The first-order valence-electron chi connectivity index (χ1n) is 5.02. The van der Waals surface area contributed by atoms with Gasteiger partial charge in [-0.25, -0.2) is 9.78 Å². The third-order valence-corrected chi connectivity index (χ3v) is 2.15. The molecule has 0 bridgehead atoms. The monoisotopic (exact) mass is 235 g/mol. The number of carboxylic acids is 1. The number of pyridine rings is 1. The summed E-state index contributed by atoms with van der Waals surface area (Å²) in [6.45, 7) is 0.326. The number of ether oxygens (including phenoxy) is 1. The third kappa shape index (κ3) is 3.74. The van der Waals surface area contributed by atoms with Gasteiger partial charge in [-0.2, -0.15) is 5.26 Å². The van der Waals surface area contributed by atoms with Gasteiger partial charge in [-0.3, -0.25) is 0 Å². The van der Waals surface area contributed by atoms with E-state index in [1.54, 1.807) is 12.1 Å². The van der Waals surface area contributed by atoms with Crippen LogP contribution in [0.3, 0.4) is 0 Å². The quantitative estimate of drug-likeness (QED) is 0.759. The maximum absolute atomic E-state index is 11.0. The number of nitrogens with one attached hydrogen (secondary N) is 1. The maximum Gasteiger partial charge on any atom is 0.326 e. The lowest BCUT2D eigenvalue weighted by Gasteiger charge is -2.15. The number of methoxy groups -OCH3 is 1. The highest BCUT2D eigenvalue weighted by molar-refractivity contribution is 5.77. The minimum atomic E-state index is -0.991. The van der Waals surface area contributed by atoms with Gasteiger partial charge >= 0.3 is 5.97 Å². The molecule has 1 aromatic heterocycles.